The van der Waals surface area contributed by atoms with E-state index in [9.17, 15) is 13.6 Å². The van der Waals surface area contributed by atoms with E-state index in [4.69, 9.17) is 24.0 Å². The van der Waals surface area contributed by atoms with Crippen LogP contribution < -0.4 is 5.32 Å². The molecule has 30 heavy (non-hydrogen) atoms. The highest BCUT2D eigenvalue weighted by Gasteiger charge is 2.36. The van der Waals surface area contributed by atoms with Gasteiger partial charge >= 0.3 is 5.91 Å². The number of carbonyl (C=O) groups excluding carboxylic acids is 1. The van der Waals surface area contributed by atoms with Gasteiger partial charge in [-0.2, -0.15) is 5.10 Å². The van der Waals surface area contributed by atoms with Crippen LogP contribution in [0.25, 0.3) is 5.65 Å². The molecular formula is C19H20ClF2N6OS+. The summed E-state index contributed by atoms with van der Waals surface area (Å²) in [7, 11) is 1.69. The van der Waals surface area contributed by atoms with E-state index in [0.717, 1.165) is 25.7 Å². The third-order valence-corrected chi connectivity index (χ3v) is 6.07. The van der Waals surface area contributed by atoms with Gasteiger partial charge in [-0.15, -0.1) is 0 Å². The van der Waals surface area contributed by atoms with Crippen LogP contribution in [0.3, 0.4) is 0 Å². The molecule has 158 valence electrons. The maximum atomic E-state index is 13.0. The van der Waals surface area contributed by atoms with E-state index in [1.54, 1.807) is 29.8 Å². The second-order valence-electron chi connectivity index (χ2n) is 7.39. The smallest absolute Gasteiger partial charge is 0.368 e. The number of nitrogens with zero attached hydrogens (tertiary/aromatic N) is 5. The van der Waals surface area contributed by atoms with E-state index in [2.05, 4.69) is 15.4 Å². The van der Waals surface area contributed by atoms with Crippen LogP contribution in [0.1, 0.15) is 48.2 Å². The van der Waals surface area contributed by atoms with Crippen molar-refractivity contribution < 1.29 is 17.5 Å². The molecule has 1 aliphatic rings. The molecule has 0 aliphatic heterocycles. The Morgan fingerprint density at radius 1 is 1.30 bits per heavy atom. The fourth-order valence-electron chi connectivity index (χ4n) is 3.81. The third-order valence-electron chi connectivity index (χ3n) is 5.33. The summed E-state index contributed by atoms with van der Waals surface area (Å²) in [6.07, 6.45) is 3.35. The highest BCUT2D eigenvalue weighted by molar-refractivity contribution is 7.44. The summed E-state index contributed by atoms with van der Waals surface area (Å²) in [6, 6.07) is 5.38. The van der Waals surface area contributed by atoms with Crippen LogP contribution in [0.2, 0.25) is 5.15 Å². The molecule has 1 aliphatic carbocycles. The van der Waals surface area contributed by atoms with Crippen molar-refractivity contribution in [2.45, 2.75) is 44.2 Å². The number of aryl methyl sites for hydroxylation is 1. The average Bonchev–Trinajstić information content (AvgIpc) is 3.31. The van der Waals surface area contributed by atoms with Gasteiger partial charge in [0.25, 0.3) is 18.9 Å². The van der Waals surface area contributed by atoms with Crippen LogP contribution in [0.4, 0.5) is 14.6 Å². The Hall–Kier alpha value is -2.46. The summed E-state index contributed by atoms with van der Waals surface area (Å²) in [5, 5.41) is 7.54. The Morgan fingerprint density at radius 2 is 2.03 bits per heavy atom. The summed E-state index contributed by atoms with van der Waals surface area (Å²) in [5.41, 5.74) is 0.526. The Morgan fingerprint density at radius 3 is 2.67 bits per heavy atom. The molecule has 3 heterocycles. The minimum atomic E-state index is -2.61. The number of fused-ring (bicyclic) bond motifs is 1. The number of halogens is 3. The topological polar surface area (TPSA) is 67.2 Å². The molecule has 4 rings (SSSR count). The van der Waals surface area contributed by atoms with E-state index in [1.165, 1.54) is 14.8 Å². The van der Waals surface area contributed by atoms with Crippen molar-refractivity contribution in [3.8, 4) is 0 Å². The molecule has 3 aromatic heterocycles. The lowest BCUT2D eigenvalue weighted by Gasteiger charge is -2.26. The second kappa shape index (κ2) is 8.35. The Bertz CT molecular complexity index is 1110. The third kappa shape index (κ3) is 4.06. The van der Waals surface area contributed by atoms with Crippen molar-refractivity contribution >= 4 is 41.4 Å². The molecule has 0 saturated heterocycles. The zero-order chi connectivity index (χ0) is 21.4. The van der Waals surface area contributed by atoms with Gasteiger partial charge in [-0.1, -0.05) is 21.6 Å². The lowest BCUT2D eigenvalue weighted by Crippen LogP contribution is -2.37. The highest BCUT2D eigenvalue weighted by Crippen LogP contribution is 2.27. The van der Waals surface area contributed by atoms with Crippen molar-refractivity contribution in [1.29, 1.82) is 0 Å². The first-order valence-corrected chi connectivity index (χ1v) is 10.3. The quantitative estimate of drug-likeness (QED) is 0.592. The van der Waals surface area contributed by atoms with Gasteiger partial charge < -0.3 is 5.32 Å². The fourth-order valence-corrected chi connectivity index (χ4v) is 4.36. The number of hydrogen-bond acceptors (Lipinski definition) is 5. The Kier molecular flexibility index (Phi) is 5.79. The number of pyridine rings is 1. The highest BCUT2D eigenvalue weighted by atomic mass is 35.5. The normalized spacial score (nSPS) is 19.4. The van der Waals surface area contributed by atoms with Crippen LogP contribution in [0, 0.1) is 0 Å². The standard InChI is InChI=1S/C19H20ClF2N6OS/c1-26-9-13(17(20)25-26)19(29)28(30)12-7-5-11(6-8-12)23-15-3-2-4-16-24-14(18(21)22)10-27(15)16/h2-4,9-12,18,23H,5-8H2,1H3/q+1/t11-,12+. The number of nitrogens with one attached hydrogen (secondary N) is 1. The maximum absolute atomic E-state index is 13.0. The van der Waals surface area contributed by atoms with Gasteiger partial charge in [0.05, 0.1) is 0 Å². The Labute approximate surface area is 181 Å². The number of anilines is 1. The largest absolute Gasteiger partial charge is 0.438 e. The SMILES string of the molecule is Cn1cc(C(=O)[N+](=S)[C@H]2CC[C@@H](Nc3cccc4nc(C(F)F)cn34)CC2)c(Cl)n1. The van der Waals surface area contributed by atoms with Gasteiger partial charge in [-0.05, 0) is 25.0 Å². The molecule has 11 heteroatoms. The predicted octanol–water partition coefficient (Wildman–Crippen LogP) is 3.97. The lowest BCUT2D eigenvalue weighted by atomic mass is 9.91. The van der Waals surface area contributed by atoms with Crippen molar-refractivity contribution in [3.05, 3.63) is 47.0 Å². The summed E-state index contributed by atoms with van der Waals surface area (Å²) < 4.78 is 30.4. The van der Waals surface area contributed by atoms with E-state index < -0.39 is 6.43 Å². The van der Waals surface area contributed by atoms with E-state index in [1.807, 2.05) is 6.07 Å². The van der Waals surface area contributed by atoms with Crippen molar-refractivity contribution in [3.63, 3.8) is 0 Å². The van der Waals surface area contributed by atoms with Crippen molar-refractivity contribution in [1.82, 2.24) is 19.2 Å². The number of hydrogen-bond donors (Lipinski definition) is 1. The van der Waals surface area contributed by atoms with Crippen LogP contribution in [-0.4, -0.2) is 41.1 Å². The number of amides is 1. The van der Waals surface area contributed by atoms with E-state index in [-0.39, 0.29) is 28.8 Å². The van der Waals surface area contributed by atoms with Crippen molar-refractivity contribution in [2.75, 3.05) is 5.32 Å². The number of aromatic nitrogens is 4. The molecule has 1 N–H and O–H groups in total. The predicted molar refractivity (Wildman–Crippen MR) is 110 cm³/mol. The molecule has 7 nitrogen and oxygen atoms in total. The molecule has 0 atom stereocenters. The zero-order valence-electron chi connectivity index (χ0n) is 16.1. The molecular weight excluding hydrogens is 434 g/mol. The van der Waals surface area contributed by atoms with Crippen molar-refractivity contribution in [2.24, 2.45) is 7.05 Å². The first-order valence-electron chi connectivity index (χ1n) is 9.56. The van der Waals surface area contributed by atoms with Gasteiger partial charge in [-0.25, -0.2) is 18.6 Å². The molecule has 3 aromatic rings. The Balaban J connectivity index is 1.40. The minimum absolute atomic E-state index is 0.0729. The van der Waals surface area contributed by atoms with Crippen LogP contribution in [0.5, 0.6) is 0 Å². The second-order valence-corrected chi connectivity index (χ2v) is 8.15. The van der Waals surface area contributed by atoms with Gasteiger partial charge in [0, 0.05) is 38.3 Å². The first kappa shape index (κ1) is 20.8. The molecule has 0 unspecified atom stereocenters. The van der Waals surface area contributed by atoms with Crippen LogP contribution in [-0.2, 0) is 19.5 Å². The zero-order valence-corrected chi connectivity index (χ0v) is 17.7. The molecule has 1 saturated carbocycles. The van der Waals surface area contributed by atoms with Gasteiger partial charge in [0.2, 0.25) is 0 Å². The summed E-state index contributed by atoms with van der Waals surface area (Å²) >= 11 is 11.4. The van der Waals surface area contributed by atoms with E-state index in [0.29, 0.717) is 17.0 Å². The number of alkyl halides is 2. The molecule has 1 fully saturated rings. The molecule has 1 amide bonds. The van der Waals surface area contributed by atoms with Crippen LogP contribution in [0.15, 0.2) is 30.6 Å². The minimum Gasteiger partial charge on any atom is -0.368 e. The number of carbonyl (C=O) groups is 1. The van der Waals surface area contributed by atoms with E-state index >= 15 is 0 Å². The average molecular weight is 454 g/mol. The van der Waals surface area contributed by atoms with Crippen LogP contribution >= 0.6 is 11.6 Å². The first-order chi connectivity index (χ1) is 14.3. The van der Waals surface area contributed by atoms with Gasteiger partial charge in [0.15, 0.2) is 11.2 Å². The molecule has 0 aromatic carbocycles. The number of rotatable bonds is 5. The number of imidazole rings is 1. The van der Waals surface area contributed by atoms with Gasteiger partial charge in [-0.3, -0.25) is 9.08 Å². The van der Waals surface area contributed by atoms with Gasteiger partial charge in [0.1, 0.15) is 22.7 Å². The molecule has 0 spiro atoms. The maximum Gasteiger partial charge on any atom is 0.438 e. The monoisotopic (exact) mass is 453 g/mol. The summed E-state index contributed by atoms with van der Waals surface area (Å²) in [5.74, 6) is 0.394. The molecule has 0 bridgehead atoms. The lowest BCUT2D eigenvalue weighted by molar-refractivity contribution is -0.448. The molecule has 0 radical (unpaired) electrons. The fraction of sp³-hybridized carbons (Fsp3) is 0.421. The summed E-state index contributed by atoms with van der Waals surface area (Å²) in [4.78, 5) is 16.6. The summed E-state index contributed by atoms with van der Waals surface area (Å²) in [6.45, 7) is 0.